The van der Waals surface area contributed by atoms with Gasteiger partial charge in [0.1, 0.15) is 17.4 Å². The number of thiazole rings is 1. The van der Waals surface area contributed by atoms with Crippen molar-refractivity contribution in [3.63, 3.8) is 0 Å². The van der Waals surface area contributed by atoms with Gasteiger partial charge >= 0.3 is 5.97 Å². The summed E-state index contributed by atoms with van der Waals surface area (Å²) in [4.78, 5) is 16.5. The molecule has 102 valence electrons. The minimum atomic E-state index is -0.994. The van der Waals surface area contributed by atoms with Crippen molar-refractivity contribution in [1.82, 2.24) is 4.98 Å². The van der Waals surface area contributed by atoms with E-state index in [1.807, 2.05) is 6.92 Å². The summed E-state index contributed by atoms with van der Waals surface area (Å²) >= 11 is 1.51. The fourth-order valence-electron chi connectivity index (χ4n) is 1.61. The number of hydrogen-bond acceptors (Lipinski definition) is 4. The van der Waals surface area contributed by atoms with Gasteiger partial charge in [-0.1, -0.05) is 5.92 Å². The summed E-state index contributed by atoms with van der Waals surface area (Å²) in [5.41, 5.74) is 0.914. The molecule has 0 aliphatic rings. The van der Waals surface area contributed by atoms with Crippen molar-refractivity contribution in [2.75, 3.05) is 6.61 Å². The lowest BCUT2D eigenvalue weighted by Gasteiger charge is -2.06. The van der Waals surface area contributed by atoms with Gasteiger partial charge in [0, 0.05) is 16.6 Å². The van der Waals surface area contributed by atoms with Gasteiger partial charge in [0.15, 0.2) is 0 Å². The molecule has 0 aliphatic carbocycles. The van der Waals surface area contributed by atoms with E-state index in [2.05, 4.69) is 16.8 Å². The van der Waals surface area contributed by atoms with Crippen molar-refractivity contribution in [2.45, 2.75) is 13.8 Å². The van der Waals surface area contributed by atoms with Gasteiger partial charge in [0.2, 0.25) is 0 Å². The van der Waals surface area contributed by atoms with E-state index in [-0.39, 0.29) is 12.2 Å². The van der Waals surface area contributed by atoms with Crippen LogP contribution < -0.4 is 4.74 Å². The van der Waals surface area contributed by atoms with Crippen LogP contribution in [0.2, 0.25) is 0 Å². The molecule has 0 spiro atoms. The second kappa shape index (κ2) is 6.22. The highest BCUT2D eigenvalue weighted by Gasteiger charge is 2.11. The number of carboxylic acids is 1. The number of aromatic nitrogens is 1. The molecule has 5 heteroatoms. The summed E-state index contributed by atoms with van der Waals surface area (Å²) < 4.78 is 5.45. The second-order valence-electron chi connectivity index (χ2n) is 4.04. The Balaban J connectivity index is 2.39. The largest absolute Gasteiger partial charge is 0.481 e. The van der Waals surface area contributed by atoms with E-state index in [1.165, 1.54) is 17.4 Å². The topological polar surface area (TPSA) is 59.4 Å². The van der Waals surface area contributed by atoms with Crippen molar-refractivity contribution in [2.24, 2.45) is 0 Å². The molecule has 0 atom stereocenters. The minimum absolute atomic E-state index is 0.176. The maximum absolute atomic E-state index is 11.2. The molecule has 2 aromatic rings. The molecule has 0 bridgehead atoms. The molecular formula is C15H13NO3S. The van der Waals surface area contributed by atoms with Crippen molar-refractivity contribution in [1.29, 1.82) is 0 Å². The molecule has 0 aliphatic heterocycles. The zero-order chi connectivity index (χ0) is 14.5. The molecular weight excluding hydrogens is 274 g/mol. The normalized spacial score (nSPS) is 9.70. The molecule has 0 radical (unpaired) electrons. The van der Waals surface area contributed by atoms with Gasteiger partial charge in [0.25, 0.3) is 0 Å². The van der Waals surface area contributed by atoms with Crippen LogP contribution in [0, 0.1) is 18.8 Å². The summed E-state index contributed by atoms with van der Waals surface area (Å²) in [6.45, 7) is 3.91. The lowest BCUT2D eigenvalue weighted by Crippen LogP contribution is -2.00. The number of ether oxygens (including phenoxy) is 1. The van der Waals surface area contributed by atoms with Gasteiger partial charge in [-0.05, 0) is 32.0 Å². The van der Waals surface area contributed by atoms with E-state index < -0.39 is 5.97 Å². The van der Waals surface area contributed by atoms with Gasteiger partial charge < -0.3 is 9.84 Å². The van der Waals surface area contributed by atoms with Crippen LogP contribution in [0.15, 0.2) is 24.4 Å². The Hall–Kier alpha value is -2.32. The van der Waals surface area contributed by atoms with Crippen LogP contribution in [0.25, 0.3) is 10.6 Å². The second-order valence-corrected chi connectivity index (χ2v) is 5.28. The number of aryl methyl sites for hydroxylation is 1. The molecule has 0 saturated carbocycles. The third-order valence-corrected chi connectivity index (χ3v) is 3.47. The van der Waals surface area contributed by atoms with Crippen molar-refractivity contribution >= 4 is 17.3 Å². The molecule has 4 nitrogen and oxygen atoms in total. The summed E-state index contributed by atoms with van der Waals surface area (Å²) in [6, 6.07) is 4.87. The standard InChI is InChI=1S/C15H13NO3S/c1-3-4-5-19-13-7-11(6-12(8-13)15(17)18)14-16-9-10(2)20-14/h6-9H,5H2,1-2H3,(H,17,18). The molecule has 1 heterocycles. The van der Waals surface area contributed by atoms with E-state index in [4.69, 9.17) is 9.84 Å². The first kappa shape index (κ1) is 14.1. The Morgan fingerprint density at radius 1 is 1.45 bits per heavy atom. The Morgan fingerprint density at radius 2 is 2.25 bits per heavy atom. The van der Waals surface area contributed by atoms with Crippen molar-refractivity contribution in [3.8, 4) is 28.2 Å². The van der Waals surface area contributed by atoms with Crippen molar-refractivity contribution < 1.29 is 14.6 Å². The molecule has 20 heavy (non-hydrogen) atoms. The maximum Gasteiger partial charge on any atom is 0.335 e. The first-order valence-corrected chi connectivity index (χ1v) is 6.75. The predicted octanol–water partition coefficient (Wildman–Crippen LogP) is 3.22. The summed E-state index contributed by atoms with van der Waals surface area (Å²) in [5.74, 6) is 4.99. The molecule has 1 aromatic heterocycles. The van der Waals surface area contributed by atoms with Crippen LogP contribution in [-0.2, 0) is 0 Å². The van der Waals surface area contributed by atoms with Crippen LogP contribution in [0.3, 0.4) is 0 Å². The van der Waals surface area contributed by atoms with E-state index >= 15 is 0 Å². The SMILES string of the molecule is CC#CCOc1cc(C(=O)O)cc(-c2ncc(C)s2)c1. The highest BCUT2D eigenvalue weighted by molar-refractivity contribution is 7.14. The molecule has 1 N–H and O–H groups in total. The highest BCUT2D eigenvalue weighted by atomic mass is 32.1. The summed E-state index contributed by atoms with van der Waals surface area (Å²) in [5, 5.41) is 9.93. The average Bonchev–Trinajstić information content (AvgIpc) is 2.85. The molecule has 0 fully saturated rings. The Morgan fingerprint density at radius 3 is 2.85 bits per heavy atom. The van der Waals surface area contributed by atoms with E-state index in [0.717, 1.165) is 15.4 Å². The number of carboxylic acid groups (broad SMARTS) is 1. The molecule has 0 amide bonds. The van der Waals surface area contributed by atoms with Gasteiger partial charge in [-0.15, -0.1) is 17.3 Å². The third kappa shape index (κ3) is 3.37. The number of nitrogens with zero attached hydrogens (tertiary/aromatic N) is 1. The Bertz CT molecular complexity index is 695. The molecule has 0 unspecified atom stereocenters. The number of carbonyl (C=O) groups is 1. The number of rotatable bonds is 4. The lowest BCUT2D eigenvalue weighted by atomic mass is 10.1. The highest BCUT2D eigenvalue weighted by Crippen LogP contribution is 2.29. The summed E-state index contributed by atoms with van der Waals surface area (Å²) in [6.07, 6.45) is 1.76. The monoisotopic (exact) mass is 287 g/mol. The van der Waals surface area contributed by atoms with E-state index in [1.54, 1.807) is 25.3 Å². The Labute approximate surface area is 121 Å². The molecule has 1 aromatic carbocycles. The van der Waals surface area contributed by atoms with E-state index in [0.29, 0.717) is 5.75 Å². The lowest BCUT2D eigenvalue weighted by molar-refractivity contribution is 0.0696. The summed E-state index contributed by atoms with van der Waals surface area (Å²) in [7, 11) is 0. The van der Waals surface area contributed by atoms with Crippen LogP contribution in [0.1, 0.15) is 22.2 Å². The van der Waals surface area contributed by atoms with Gasteiger partial charge in [-0.3, -0.25) is 0 Å². The fourth-order valence-corrected chi connectivity index (χ4v) is 2.36. The van der Waals surface area contributed by atoms with E-state index in [9.17, 15) is 4.79 Å². The van der Waals surface area contributed by atoms with Crippen LogP contribution in [0.5, 0.6) is 5.75 Å². The fraction of sp³-hybridized carbons (Fsp3) is 0.200. The number of benzene rings is 1. The Kier molecular flexibility index (Phi) is 4.38. The average molecular weight is 287 g/mol. The van der Waals surface area contributed by atoms with Crippen LogP contribution >= 0.6 is 11.3 Å². The van der Waals surface area contributed by atoms with Crippen molar-refractivity contribution in [3.05, 3.63) is 34.8 Å². The molecule has 2 rings (SSSR count). The van der Waals surface area contributed by atoms with Gasteiger partial charge in [-0.2, -0.15) is 0 Å². The predicted molar refractivity (Wildman–Crippen MR) is 78.2 cm³/mol. The maximum atomic E-state index is 11.2. The smallest absolute Gasteiger partial charge is 0.335 e. The third-order valence-electron chi connectivity index (χ3n) is 2.51. The first-order chi connectivity index (χ1) is 9.60. The molecule has 0 saturated heterocycles. The van der Waals surface area contributed by atoms with Crippen LogP contribution in [-0.4, -0.2) is 22.7 Å². The first-order valence-electron chi connectivity index (χ1n) is 5.93. The zero-order valence-electron chi connectivity index (χ0n) is 11.1. The van der Waals surface area contributed by atoms with Gasteiger partial charge in [-0.25, -0.2) is 9.78 Å². The number of aromatic carboxylic acids is 1. The zero-order valence-corrected chi connectivity index (χ0v) is 12.0. The number of hydrogen-bond donors (Lipinski definition) is 1. The quantitative estimate of drug-likeness (QED) is 0.877. The van der Waals surface area contributed by atoms with Gasteiger partial charge in [0.05, 0.1) is 5.56 Å². The van der Waals surface area contributed by atoms with Crippen LogP contribution in [0.4, 0.5) is 0 Å². The minimum Gasteiger partial charge on any atom is -0.481 e.